The van der Waals surface area contributed by atoms with Crippen LogP contribution in [-0.4, -0.2) is 64.3 Å². The molecule has 0 unspecified atom stereocenters. The van der Waals surface area contributed by atoms with E-state index in [-0.39, 0.29) is 24.0 Å². The SMILES string of the molecule is CN=C(NCCOCc1ccccc1)N1CCN(c2ccc(OC)cc2)CC1.I. The normalized spacial score (nSPS) is 14.3. The molecule has 1 fully saturated rings. The molecule has 7 heteroatoms. The molecule has 1 heterocycles. The van der Waals surface area contributed by atoms with Crippen LogP contribution in [-0.2, 0) is 11.3 Å². The monoisotopic (exact) mass is 510 g/mol. The first-order valence-corrected chi connectivity index (χ1v) is 9.76. The highest BCUT2D eigenvalue weighted by molar-refractivity contribution is 14.0. The molecule has 0 aliphatic carbocycles. The van der Waals surface area contributed by atoms with Crippen LogP contribution in [0.25, 0.3) is 0 Å². The predicted molar refractivity (Wildman–Crippen MR) is 130 cm³/mol. The topological polar surface area (TPSA) is 49.3 Å². The molecule has 1 aliphatic rings. The molecule has 158 valence electrons. The van der Waals surface area contributed by atoms with Crippen molar-refractivity contribution in [2.45, 2.75) is 6.61 Å². The quantitative estimate of drug-likeness (QED) is 0.268. The summed E-state index contributed by atoms with van der Waals surface area (Å²) in [6.45, 7) is 5.86. The van der Waals surface area contributed by atoms with Crippen LogP contribution in [0.15, 0.2) is 59.6 Å². The maximum atomic E-state index is 5.74. The van der Waals surface area contributed by atoms with Gasteiger partial charge in [-0.2, -0.15) is 0 Å². The van der Waals surface area contributed by atoms with Gasteiger partial charge in [-0.05, 0) is 29.8 Å². The maximum absolute atomic E-state index is 5.74. The van der Waals surface area contributed by atoms with Gasteiger partial charge in [0.05, 0.1) is 20.3 Å². The molecule has 0 radical (unpaired) electrons. The summed E-state index contributed by atoms with van der Waals surface area (Å²) in [6, 6.07) is 18.5. The number of halogens is 1. The fourth-order valence-corrected chi connectivity index (χ4v) is 3.30. The van der Waals surface area contributed by atoms with E-state index in [9.17, 15) is 0 Å². The van der Waals surface area contributed by atoms with Crippen molar-refractivity contribution in [3.63, 3.8) is 0 Å². The molecule has 29 heavy (non-hydrogen) atoms. The van der Waals surface area contributed by atoms with Crippen molar-refractivity contribution >= 4 is 35.6 Å². The number of hydrogen-bond acceptors (Lipinski definition) is 4. The van der Waals surface area contributed by atoms with Crippen LogP contribution < -0.4 is 15.0 Å². The van der Waals surface area contributed by atoms with E-state index in [2.05, 4.69) is 44.4 Å². The lowest BCUT2D eigenvalue weighted by molar-refractivity contribution is 0.125. The highest BCUT2D eigenvalue weighted by Crippen LogP contribution is 2.20. The summed E-state index contributed by atoms with van der Waals surface area (Å²) in [7, 11) is 3.53. The summed E-state index contributed by atoms with van der Waals surface area (Å²) in [5.41, 5.74) is 2.43. The van der Waals surface area contributed by atoms with Crippen LogP contribution >= 0.6 is 24.0 Å². The van der Waals surface area contributed by atoms with E-state index in [4.69, 9.17) is 9.47 Å². The molecule has 0 spiro atoms. The smallest absolute Gasteiger partial charge is 0.193 e. The van der Waals surface area contributed by atoms with Crippen molar-refractivity contribution in [1.82, 2.24) is 10.2 Å². The molecule has 0 atom stereocenters. The molecule has 0 aromatic heterocycles. The average molecular weight is 510 g/mol. The zero-order valence-electron chi connectivity index (χ0n) is 17.2. The maximum Gasteiger partial charge on any atom is 0.193 e. The number of aliphatic imine (C=N–C) groups is 1. The molecule has 1 saturated heterocycles. The van der Waals surface area contributed by atoms with Gasteiger partial charge < -0.3 is 24.6 Å². The highest BCUT2D eigenvalue weighted by Gasteiger charge is 2.19. The first-order chi connectivity index (χ1) is 13.8. The second-order valence-electron chi connectivity index (χ2n) is 6.68. The standard InChI is InChI=1S/C22H30N4O2.HI/c1-23-22(24-12-17-28-18-19-6-4-3-5-7-19)26-15-13-25(14-16-26)20-8-10-21(27-2)11-9-20;/h3-11H,12-18H2,1-2H3,(H,23,24);1H. The number of anilines is 1. The van der Waals surface area contributed by atoms with E-state index in [1.165, 1.54) is 11.3 Å². The molecular weight excluding hydrogens is 479 g/mol. The number of hydrogen-bond donors (Lipinski definition) is 1. The number of methoxy groups -OCH3 is 1. The zero-order chi connectivity index (χ0) is 19.6. The van der Waals surface area contributed by atoms with E-state index < -0.39 is 0 Å². The van der Waals surface area contributed by atoms with Crippen LogP contribution in [0.5, 0.6) is 5.75 Å². The summed E-state index contributed by atoms with van der Waals surface area (Å²) in [5.74, 6) is 1.83. The lowest BCUT2D eigenvalue weighted by Crippen LogP contribution is -2.53. The number of nitrogens with zero attached hydrogens (tertiary/aromatic N) is 3. The van der Waals surface area contributed by atoms with Crippen LogP contribution in [0.2, 0.25) is 0 Å². The van der Waals surface area contributed by atoms with Crippen molar-refractivity contribution in [1.29, 1.82) is 0 Å². The molecule has 0 saturated carbocycles. The van der Waals surface area contributed by atoms with Crippen molar-refractivity contribution in [3.8, 4) is 5.75 Å². The lowest BCUT2D eigenvalue weighted by atomic mass is 10.2. The molecule has 1 aliphatic heterocycles. The molecule has 1 N–H and O–H groups in total. The van der Waals surface area contributed by atoms with Crippen molar-refractivity contribution in [3.05, 3.63) is 60.2 Å². The number of guanidine groups is 1. The first-order valence-electron chi connectivity index (χ1n) is 9.76. The second kappa shape index (κ2) is 12.5. The van der Waals surface area contributed by atoms with Gasteiger partial charge in [0.25, 0.3) is 0 Å². The van der Waals surface area contributed by atoms with Gasteiger partial charge in [0.2, 0.25) is 0 Å². The van der Waals surface area contributed by atoms with E-state index in [0.29, 0.717) is 13.2 Å². The first kappa shape index (κ1) is 23.3. The third-order valence-corrected chi connectivity index (χ3v) is 4.87. The van der Waals surface area contributed by atoms with Gasteiger partial charge in [0.15, 0.2) is 5.96 Å². The van der Waals surface area contributed by atoms with E-state index in [1.54, 1.807) is 7.11 Å². The summed E-state index contributed by atoms with van der Waals surface area (Å²) < 4.78 is 11.0. The Hall–Kier alpha value is -2.00. The summed E-state index contributed by atoms with van der Waals surface area (Å²) in [6.07, 6.45) is 0. The van der Waals surface area contributed by atoms with E-state index >= 15 is 0 Å². The van der Waals surface area contributed by atoms with E-state index in [0.717, 1.165) is 44.4 Å². The van der Waals surface area contributed by atoms with Gasteiger partial charge in [-0.15, -0.1) is 24.0 Å². The molecular formula is C22H31IN4O2. The Morgan fingerprint density at radius 3 is 2.31 bits per heavy atom. The van der Waals surface area contributed by atoms with Gasteiger partial charge >= 0.3 is 0 Å². The van der Waals surface area contributed by atoms with E-state index in [1.807, 2.05) is 37.4 Å². The number of ether oxygens (including phenoxy) is 2. The fourth-order valence-electron chi connectivity index (χ4n) is 3.30. The predicted octanol–water partition coefficient (Wildman–Crippen LogP) is 3.23. The highest BCUT2D eigenvalue weighted by atomic mass is 127. The van der Waals surface area contributed by atoms with Crippen molar-refractivity contribution in [2.75, 3.05) is 58.4 Å². The molecule has 2 aromatic carbocycles. The van der Waals surface area contributed by atoms with Crippen LogP contribution in [0.4, 0.5) is 5.69 Å². The van der Waals surface area contributed by atoms with Crippen molar-refractivity contribution in [2.24, 2.45) is 4.99 Å². The van der Waals surface area contributed by atoms with Gasteiger partial charge in [-0.25, -0.2) is 0 Å². The van der Waals surface area contributed by atoms with Crippen LogP contribution in [0.1, 0.15) is 5.56 Å². The van der Waals surface area contributed by atoms with Gasteiger partial charge in [0.1, 0.15) is 5.75 Å². The molecule has 0 bridgehead atoms. The molecule has 3 rings (SSSR count). The Labute approximate surface area is 190 Å². The third kappa shape index (κ3) is 7.08. The minimum Gasteiger partial charge on any atom is -0.497 e. The number of piperazine rings is 1. The summed E-state index contributed by atoms with van der Waals surface area (Å²) >= 11 is 0. The lowest BCUT2D eigenvalue weighted by Gasteiger charge is -2.37. The minimum atomic E-state index is 0. The summed E-state index contributed by atoms with van der Waals surface area (Å²) in [4.78, 5) is 9.13. The zero-order valence-corrected chi connectivity index (χ0v) is 19.5. The number of nitrogens with one attached hydrogen (secondary N) is 1. The Kier molecular flexibility index (Phi) is 10.1. The minimum absolute atomic E-state index is 0. The number of rotatable bonds is 7. The number of benzene rings is 2. The molecule has 2 aromatic rings. The van der Waals surface area contributed by atoms with Gasteiger partial charge in [-0.3, -0.25) is 4.99 Å². The third-order valence-electron chi connectivity index (χ3n) is 4.87. The van der Waals surface area contributed by atoms with Crippen LogP contribution in [0, 0.1) is 0 Å². The average Bonchev–Trinajstić information content (AvgIpc) is 2.77. The molecule has 0 amide bonds. The van der Waals surface area contributed by atoms with Crippen LogP contribution in [0.3, 0.4) is 0 Å². The second-order valence-corrected chi connectivity index (χ2v) is 6.68. The Morgan fingerprint density at radius 1 is 1.00 bits per heavy atom. The molecule has 6 nitrogen and oxygen atoms in total. The fraction of sp³-hybridized carbons (Fsp3) is 0.409. The largest absolute Gasteiger partial charge is 0.497 e. The Morgan fingerprint density at radius 2 is 1.69 bits per heavy atom. The van der Waals surface area contributed by atoms with Crippen molar-refractivity contribution < 1.29 is 9.47 Å². The van der Waals surface area contributed by atoms with Gasteiger partial charge in [0, 0.05) is 45.5 Å². The Balaban J connectivity index is 0.00000300. The summed E-state index contributed by atoms with van der Waals surface area (Å²) in [5, 5.41) is 3.41. The van der Waals surface area contributed by atoms with Gasteiger partial charge in [-0.1, -0.05) is 30.3 Å². The Bertz CT molecular complexity index is 732.